The van der Waals surface area contributed by atoms with E-state index < -0.39 is 0 Å². The third-order valence-corrected chi connectivity index (χ3v) is 6.76. The molecule has 3 unspecified atom stereocenters. The molecule has 3 aliphatic rings. The lowest BCUT2D eigenvalue weighted by Crippen LogP contribution is -2.62. The Balaban J connectivity index is 1.73. The third-order valence-electron chi connectivity index (χ3n) is 6.76. The maximum absolute atomic E-state index is 6.38. The first kappa shape index (κ1) is 15.8. The van der Waals surface area contributed by atoms with Crippen LogP contribution in [0.25, 0.3) is 0 Å². The first-order valence-electron chi connectivity index (χ1n) is 9.36. The third kappa shape index (κ3) is 2.89. The minimum atomic E-state index is 0.298. The van der Waals surface area contributed by atoms with Gasteiger partial charge in [-0.25, -0.2) is 0 Å². The molecule has 3 fully saturated rings. The fourth-order valence-corrected chi connectivity index (χ4v) is 5.34. The summed E-state index contributed by atoms with van der Waals surface area (Å²) in [6.07, 6.45) is 9.66. The maximum atomic E-state index is 6.38. The summed E-state index contributed by atoms with van der Waals surface area (Å²) >= 11 is 0. The maximum Gasteiger partial charge on any atom is 0.0498 e. The van der Waals surface area contributed by atoms with Gasteiger partial charge in [-0.2, -0.15) is 0 Å². The van der Waals surface area contributed by atoms with Gasteiger partial charge in [0.2, 0.25) is 0 Å². The monoisotopic (exact) mass is 293 g/mol. The molecule has 0 aromatic rings. The minimum Gasteiger partial charge on any atom is -0.329 e. The van der Waals surface area contributed by atoms with Gasteiger partial charge in [-0.15, -0.1) is 0 Å². The zero-order valence-corrected chi connectivity index (χ0v) is 14.2. The van der Waals surface area contributed by atoms with Crippen LogP contribution in [0.1, 0.15) is 58.8 Å². The highest BCUT2D eigenvalue weighted by molar-refractivity contribution is 5.09. The van der Waals surface area contributed by atoms with E-state index in [1.807, 2.05) is 0 Å². The van der Waals surface area contributed by atoms with Crippen molar-refractivity contribution in [1.82, 2.24) is 9.80 Å². The molecule has 3 heteroatoms. The van der Waals surface area contributed by atoms with Crippen LogP contribution < -0.4 is 5.73 Å². The Morgan fingerprint density at radius 2 is 1.86 bits per heavy atom. The van der Waals surface area contributed by atoms with Crippen molar-refractivity contribution in [1.29, 1.82) is 0 Å². The van der Waals surface area contributed by atoms with E-state index in [2.05, 4.69) is 23.6 Å². The molecule has 3 nitrogen and oxygen atoms in total. The van der Waals surface area contributed by atoms with Crippen molar-refractivity contribution in [3.8, 4) is 0 Å². The predicted octanol–water partition coefficient (Wildman–Crippen LogP) is 2.70. The van der Waals surface area contributed by atoms with Crippen LogP contribution in [0, 0.1) is 11.8 Å². The summed E-state index contributed by atoms with van der Waals surface area (Å²) in [6.45, 7) is 10.8. The van der Waals surface area contributed by atoms with Crippen molar-refractivity contribution in [3.63, 3.8) is 0 Å². The molecule has 3 aliphatic heterocycles. The molecule has 122 valence electrons. The first-order valence-corrected chi connectivity index (χ1v) is 9.36. The number of rotatable bonds is 3. The fourth-order valence-electron chi connectivity index (χ4n) is 5.34. The molecule has 3 rings (SSSR count). The van der Waals surface area contributed by atoms with Crippen LogP contribution in [0.4, 0.5) is 0 Å². The van der Waals surface area contributed by atoms with Crippen LogP contribution in [0.15, 0.2) is 0 Å². The van der Waals surface area contributed by atoms with Crippen molar-refractivity contribution in [2.75, 3.05) is 32.7 Å². The summed E-state index contributed by atoms with van der Waals surface area (Å²) < 4.78 is 0. The Morgan fingerprint density at radius 3 is 2.62 bits per heavy atom. The van der Waals surface area contributed by atoms with Gasteiger partial charge in [0.25, 0.3) is 0 Å². The highest BCUT2D eigenvalue weighted by atomic mass is 15.3. The smallest absolute Gasteiger partial charge is 0.0498 e. The molecule has 0 saturated carbocycles. The Morgan fingerprint density at radius 1 is 1.00 bits per heavy atom. The molecule has 3 atom stereocenters. The van der Waals surface area contributed by atoms with E-state index in [1.54, 1.807) is 0 Å². The van der Waals surface area contributed by atoms with E-state index >= 15 is 0 Å². The SMILES string of the molecule is CC(C)C1CCCN(C2(CN)CCN3CCCCC32)CC1. The Bertz CT molecular complexity index is 343. The molecule has 0 aromatic carbocycles. The van der Waals surface area contributed by atoms with E-state index in [0.717, 1.165) is 24.4 Å². The van der Waals surface area contributed by atoms with Crippen LogP contribution in [0.2, 0.25) is 0 Å². The summed E-state index contributed by atoms with van der Waals surface area (Å²) in [6, 6.07) is 0.742. The van der Waals surface area contributed by atoms with E-state index in [1.165, 1.54) is 71.1 Å². The molecular weight excluding hydrogens is 258 g/mol. The van der Waals surface area contributed by atoms with Crippen LogP contribution in [-0.2, 0) is 0 Å². The van der Waals surface area contributed by atoms with Gasteiger partial charge >= 0.3 is 0 Å². The zero-order valence-electron chi connectivity index (χ0n) is 14.2. The highest BCUT2D eigenvalue weighted by Gasteiger charge is 2.50. The lowest BCUT2D eigenvalue weighted by molar-refractivity contribution is 0.0386. The number of hydrogen-bond donors (Lipinski definition) is 1. The Kier molecular flexibility index (Phi) is 4.92. The molecule has 0 radical (unpaired) electrons. The molecule has 0 aromatic heterocycles. The average Bonchev–Trinajstić information content (AvgIpc) is 2.69. The fraction of sp³-hybridized carbons (Fsp3) is 1.00. The van der Waals surface area contributed by atoms with Crippen molar-refractivity contribution in [2.45, 2.75) is 70.4 Å². The van der Waals surface area contributed by atoms with Crippen LogP contribution in [0.5, 0.6) is 0 Å². The lowest BCUT2D eigenvalue weighted by Gasteiger charge is -2.47. The standard InChI is InChI=1S/C18H35N3/c1-15(2)16-6-5-11-21(12-8-16)18(14-19)9-13-20-10-4-3-7-17(18)20/h15-17H,3-14,19H2,1-2H3. The van der Waals surface area contributed by atoms with Crippen molar-refractivity contribution in [3.05, 3.63) is 0 Å². The molecule has 2 N–H and O–H groups in total. The molecule has 0 aliphatic carbocycles. The van der Waals surface area contributed by atoms with E-state index in [-0.39, 0.29) is 0 Å². The average molecular weight is 293 g/mol. The summed E-state index contributed by atoms with van der Waals surface area (Å²) in [5, 5.41) is 0. The normalized spacial score (nSPS) is 39.4. The quantitative estimate of drug-likeness (QED) is 0.868. The molecular formula is C18H35N3. The summed E-state index contributed by atoms with van der Waals surface area (Å²) in [5.74, 6) is 1.77. The van der Waals surface area contributed by atoms with Gasteiger partial charge in [-0.3, -0.25) is 9.80 Å². The number of fused-ring (bicyclic) bond motifs is 1. The van der Waals surface area contributed by atoms with Gasteiger partial charge in [-0.1, -0.05) is 20.3 Å². The largest absolute Gasteiger partial charge is 0.329 e. The predicted molar refractivity (Wildman–Crippen MR) is 89.4 cm³/mol. The van der Waals surface area contributed by atoms with Gasteiger partial charge in [0, 0.05) is 24.7 Å². The van der Waals surface area contributed by atoms with Crippen molar-refractivity contribution in [2.24, 2.45) is 17.6 Å². The molecule has 0 bridgehead atoms. The summed E-state index contributed by atoms with van der Waals surface area (Å²) in [4.78, 5) is 5.58. The van der Waals surface area contributed by atoms with Crippen LogP contribution in [0.3, 0.4) is 0 Å². The minimum absolute atomic E-state index is 0.298. The molecule has 21 heavy (non-hydrogen) atoms. The van der Waals surface area contributed by atoms with Gasteiger partial charge in [0.1, 0.15) is 0 Å². The summed E-state index contributed by atoms with van der Waals surface area (Å²) in [5.41, 5.74) is 6.68. The van der Waals surface area contributed by atoms with E-state index in [4.69, 9.17) is 5.73 Å². The number of nitrogens with two attached hydrogens (primary N) is 1. The Hall–Kier alpha value is -0.120. The summed E-state index contributed by atoms with van der Waals surface area (Å²) in [7, 11) is 0. The van der Waals surface area contributed by atoms with Gasteiger partial charge in [0.05, 0.1) is 0 Å². The molecule has 0 spiro atoms. The van der Waals surface area contributed by atoms with Crippen molar-refractivity contribution >= 4 is 0 Å². The number of nitrogens with zero attached hydrogens (tertiary/aromatic N) is 2. The van der Waals surface area contributed by atoms with Gasteiger partial charge in [0.15, 0.2) is 0 Å². The van der Waals surface area contributed by atoms with E-state index in [9.17, 15) is 0 Å². The zero-order chi connectivity index (χ0) is 14.9. The highest BCUT2D eigenvalue weighted by Crippen LogP contribution is 2.40. The number of hydrogen-bond acceptors (Lipinski definition) is 3. The molecule has 3 saturated heterocycles. The van der Waals surface area contributed by atoms with Crippen LogP contribution >= 0.6 is 0 Å². The van der Waals surface area contributed by atoms with Gasteiger partial charge in [-0.05, 0) is 70.0 Å². The molecule has 3 heterocycles. The number of piperidine rings is 1. The Labute approximate surface area is 131 Å². The second-order valence-corrected chi connectivity index (χ2v) is 8.03. The van der Waals surface area contributed by atoms with Gasteiger partial charge < -0.3 is 5.73 Å². The van der Waals surface area contributed by atoms with Crippen molar-refractivity contribution < 1.29 is 0 Å². The second-order valence-electron chi connectivity index (χ2n) is 8.03. The molecule has 0 amide bonds. The lowest BCUT2D eigenvalue weighted by atomic mass is 9.83. The number of likely N-dealkylation sites (tertiary alicyclic amines) is 1. The second kappa shape index (κ2) is 6.55. The first-order chi connectivity index (χ1) is 10.2. The topological polar surface area (TPSA) is 32.5 Å². The van der Waals surface area contributed by atoms with E-state index in [0.29, 0.717) is 5.54 Å². The van der Waals surface area contributed by atoms with Crippen LogP contribution in [-0.4, -0.2) is 54.1 Å².